The predicted molar refractivity (Wildman–Crippen MR) is 63.1 cm³/mol. The van der Waals surface area contributed by atoms with Crippen LogP contribution in [0, 0.1) is 6.92 Å². The average molecular weight is 189 g/mol. The summed E-state index contributed by atoms with van der Waals surface area (Å²) in [6, 6.07) is 8.48. The zero-order chi connectivity index (χ0) is 10.6. The molecule has 0 spiro atoms. The molecule has 1 aromatic rings. The summed E-state index contributed by atoms with van der Waals surface area (Å²) in [6.45, 7) is 7.17. The number of hydrogen-bond acceptors (Lipinski definition) is 1. The highest BCUT2D eigenvalue weighted by molar-refractivity contribution is 5.70. The maximum absolute atomic E-state index is 5.62. The van der Waals surface area contributed by atoms with Gasteiger partial charge >= 0.3 is 0 Å². The summed E-state index contributed by atoms with van der Waals surface area (Å²) < 4.78 is 0. The molecule has 0 amide bonds. The van der Waals surface area contributed by atoms with Crippen molar-refractivity contribution in [3.05, 3.63) is 41.0 Å². The van der Waals surface area contributed by atoms with Crippen molar-refractivity contribution in [3.8, 4) is 0 Å². The fourth-order valence-corrected chi connectivity index (χ4v) is 1.71. The summed E-state index contributed by atoms with van der Waals surface area (Å²) in [5, 5.41) is 0. The monoisotopic (exact) mass is 189 g/mol. The van der Waals surface area contributed by atoms with Crippen molar-refractivity contribution in [2.24, 2.45) is 5.73 Å². The normalized spacial score (nSPS) is 10.0. The Morgan fingerprint density at radius 3 is 2.36 bits per heavy atom. The minimum atomic E-state index is 0.717. The van der Waals surface area contributed by atoms with Gasteiger partial charge in [0, 0.05) is 0 Å². The zero-order valence-electron chi connectivity index (χ0n) is 9.30. The first-order chi connectivity index (χ1) is 6.66. The van der Waals surface area contributed by atoms with Crippen LogP contribution < -0.4 is 5.73 Å². The summed E-state index contributed by atoms with van der Waals surface area (Å²) >= 11 is 0. The maximum Gasteiger partial charge on any atom is -0.00365 e. The van der Waals surface area contributed by atoms with Gasteiger partial charge in [-0.05, 0) is 50.4 Å². The molecule has 0 fully saturated rings. The lowest BCUT2D eigenvalue weighted by Gasteiger charge is -2.11. The van der Waals surface area contributed by atoms with Crippen molar-refractivity contribution in [2.45, 2.75) is 27.2 Å². The molecule has 1 rings (SSSR count). The fourth-order valence-electron chi connectivity index (χ4n) is 1.71. The molecule has 0 heterocycles. The topological polar surface area (TPSA) is 26.0 Å². The Morgan fingerprint density at radius 1 is 1.21 bits per heavy atom. The minimum Gasteiger partial charge on any atom is -0.330 e. The van der Waals surface area contributed by atoms with Crippen LogP contribution in [0.25, 0.3) is 5.57 Å². The molecule has 2 N–H and O–H groups in total. The van der Waals surface area contributed by atoms with Gasteiger partial charge < -0.3 is 5.73 Å². The SMILES string of the molecule is CC(C)=C(CCN)c1ccccc1C. The first-order valence-corrected chi connectivity index (χ1v) is 5.09. The molecule has 1 nitrogen and oxygen atoms in total. The molecule has 0 aliphatic rings. The van der Waals surface area contributed by atoms with Crippen LogP contribution in [-0.4, -0.2) is 6.54 Å². The lowest BCUT2D eigenvalue weighted by atomic mass is 9.95. The fraction of sp³-hybridized carbons (Fsp3) is 0.385. The van der Waals surface area contributed by atoms with Crippen LogP contribution >= 0.6 is 0 Å². The van der Waals surface area contributed by atoms with Crippen LogP contribution in [0.2, 0.25) is 0 Å². The van der Waals surface area contributed by atoms with Crippen LogP contribution in [0.4, 0.5) is 0 Å². The van der Waals surface area contributed by atoms with E-state index in [1.165, 1.54) is 22.3 Å². The molecule has 0 atom stereocenters. The van der Waals surface area contributed by atoms with Crippen molar-refractivity contribution in [1.29, 1.82) is 0 Å². The molecule has 0 aromatic heterocycles. The van der Waals surface area contributed by atoms with Crippen LogP contribution in [-0.2, 0) is 0 Å². The quantitative estimate of drug-likeness (QED) is 0.776. The van der Waals surface area contributed by atoms with Gasteiger partial charge in [-0.15, -0.1) is 0 Å². The van der Waals surface area contributed by atoms with Gasteiger partial charge in [0.1, 0.15) is 0 Å². The van der Waals surface area contributed by atoms with Gasteiger partial charge in [-0.1, -0.05) is 29.8 Å². The van der Waals surface area contributed by atoms with E-state index in [9.17, 15) is 0 Å². The van der Waals surface area contributed by atoms with Crippen LogP contribution in [0.3, 0.4) is 0 Å². The van der Waals surface area contributed by atoms with E-state index in [4.69, 9.17) is 5.73 Å². The third kappa shape index (κ3) is 2.46. The highest BCUT2D eigenvalue weighted by Gasteiger charge is 2.04. The predicted octanol–water partition coefficient (Wildman–Crippen LogP) is 3.14. The molecule has 14 heavy (non-hydrogen) atoms. The third-order valence-corrected chi connectivity index (χ3v) is 2.47. The zero-order valence-corrected chi connectivity index (χ0v) is 9.30. The molecule has 0 saturated carbocycles. The first-order valence-electron chi connectivity index (χ1n) is 5.09. The smallest absolute Gasteiger partial charge is 0.00365 e. The first kappa shape index (κ1) is 11.0. The number of benzene rings is 1. The molecular formula is C13H19N. The van der Waals surface area contributed by atoms with Crippen molar-refractivity contribution in [3.63, 3.8) is 0 Å². The highest BCUT2D eigenvalue weighted by atomic mass is 14.5. The molecule has 0 radical (unpaired) electrons. The van der Waals surface area contributed by atoms with Gasteiger partial charge in [0.05, 0.1) is 0 Å². The van der Waals surface area contributed by atoms with Gasteiger partial charge in [-0.25, -0.2) is 0 Å². The Labute approximate surface area is 86.6 Å². The highest BCUT2D eigenvalue weighted by Crippen LogP contribution is 2.24. The van der Waals surface area contributed by atoms with Gasteiger partial charge in [-0.3, -0.25) is 0 Å². The number of allylic oxidation sites excluding steroid dienone is 1. The Bertz CT molecular complexity index is 333. The van der Waals surface area contributed by atoms with Crippen LogP contribution in [0.15, 0.2) is 29.8 Å². The van der Waals surface area contributed by atoms with Crippen LogP contribution in [0.5, 0.6) is 0 Å². The third-order valence-electron chi connectivity index (χ3n) is 2.47. The Kier molecular flexibility index (Phi) is 3.90. The molecule has 0 bridgehead atoms. The van der Waals surface area contributed by atoms with Crippen LogP contribution in [0.1, 0.15) is 31.4 Å². The molecule has 0 aliphatic carbocycles. The largest absolute Gasteiger partial charge is 0.330 e. The van der Waals surface area contributed by atoms with Gasteiger partial charge in [0.25, 0.3) is 0 Å². The van der Waals surface area contributed by atoms with E-state index in [1.54, 1.807) is 0 Å². The second-order valence-electron chi connectivity index (χ2n) is 3.83. The summed E-state index contributed by atoms with van der Waals surface area (Å²) in [4.78, 5) is 0. The summed E-state index contributed by atoms with van der Waals surface area (Å²) in [6.07, 6.45) is 0.965. The van der Waals surface area contributed by atoms with E-state index >= 15 is 0 Å². The summed E-state index contributed by atoms with van der Waals surface area (Å²) in [5.41, 5.74) is 11.1. The number of nitrogens with two attached hydrogens (primary N) is 1. The number of hydrogen-bond donors (Lipinski definition) is 1. The van der Waals surface area contributed by atoms with Crippen molar-refractivity contribution >= 4 is 5.57 Å². The lowest BCUT2D eigenvalue weighted by molar-refractivity contribution is 1.01. The molecule has 76 valence electrons. The Hall–Kier alpha value is -1.08. The Morgan fingerprint density at radius 2 is 1.86 bits per heavy atom. The van der Waals surface area contributed by atoms with Crippen molar-refractivity contribution in [1.82, 2.24) is 0 Å². The van der Waals surface area contributed by atoms with Gasteiger partial charge in [0.15, 0.2) is 0 Å². The van der Waals surface area contributed by atoms with E-state index in [0.717, 1.165) is 13.0 Å². The van der Waals surface area contributed by atoms with E-state index in [-0.39, 0.29) is 0 Å². The van der Waals surface area contributed by atoms with E-state index in [0.29, 0.717) is 0 Å². The summed E-state index contributed by atoms with van der Waals surface area (Å²) in [7, 11) is 0. The standard InChI is InChI=1S/C13H19N/c1-10(2)12(8-9-14)13-7-5-4-6-11(13)3/h4-7H,8-9,14H2,1-3H3. The van der Waals surface area contributed by atoms with Gasteiger partial charge in [-0.2, -0.15) is 0 Å². The maximum atomic E-state index is 5.62. The lowest BCUT2D eigenvalue weighted by Crippen LogP contribution is -2.02. The van der Waals surface area contributed by atoms with E-state index in [1.807, 2.05) is 0 Å². The summed E-state index contributed by atoms with van der Waals surface area (Å²) in [5.74, 6) is 0. The second-order valence-corrected chi connectivity index (χ2v) is 3.83. The van der Waals surface area contributed by atoms with E-state index < -0.39 is 0 Å². The molecule has 0 saturated heterocycles. The van der Waals surface area contributed by atoms with Crippen molar-refractivity contribution < 1.29 is 0 Å². The number of rotatable bonds is 3. The van der Waals surface area contributed by atoms with Gasteiger partial charge in [0.2, 0.25) is 0 Å². The second kappa shape index (κ2) is 4.97. The molecule has 0 aliphatic heterocycles. The molecule has 0 unspecified atom stereocenters. The van der Waals surface area contributed by atoms with Crippen molar-refractivity contribution in [2.75, 3.05) is 6.54 Å². The average Bonchev–Trinajstić information content (AvgIpc) is 2.15. The number of aryl methyl sites for hydroxylation is 1. The molecule has 1 heteroatoms. The Balaban J connectivity index is 3.13. The minimum absolute atomic E-state index is 0.717. The molecular weight excluding hydrogens is 170 g/mol. The van der Waals surface area contributed by atoms with E-state index in [2.05, 4.69) is 45.0 Å². The molecule has 1 aromatic carbocycles.